The molecule has 0 aliphatic carbocycles. The molecular formula is C8H7BrFN3O. The van der Waals surface area contributed by atoms with Gasteiger partial charge in [-0.15, -0.1) is 0 Å². The highest BCUT2D eigenvalue weighted by molar-refractivity contribution is 9.10. The van der Waals surface area contributed by atoms with Gasteiger partial charge in [-0.1, -0.05) is 21.0 Å². The second-order valence-corrected chi connectivity index (χ2v) is 3.51. The van der Waals surface area contributed by atoms with Gasteiger partial charge in [0.25, 0.3) is 0 Å². The quantitative estimate of drug-likeness (QED) is 0.506. The molecule has 1 N–H and O–H groups in total. The minimum atomic E-state index is -1.11. The van der Waals surface area contributed by atoms with Crippen LogP contribution in [0.15, 0.2) is 27.8 Å². The van der Waals surface area contributed by atoms with Crippen molar-refractivity contribution in [2.45, 2.75) is 6.10 Å². The number of aliphatic hydroxyl groups is 1. The summed E-state index contributed by atoms with van der Waals surface area (Å²) in [5.41, 5.74) is 8.15. The van der Waals surface area contributed by atoms with Gasteiger partial charge in [0.05, 0.1) is 12.6 Å². The van der Waals surface area contributed by atoms with Gasteiger partial charge >= 0.3 is 0 Å². The predicted octanol–water partition coefficient (Wildman–Crippen LogP) is 2.93. The van der Waals surface area contributed by atoms with E-state index in [1.165, 1.54) is 18.2 Å². The molecule has 4 nitrogen and oxygen atoms in total. The van der Waals surface area contributed by atoms with Crippen LogP contribution in [-0.2, 0) is 0 Å². The van der Waals surface area contributed by atoms with Crippen molar-refractivity contribution in [2.75, 3.05) is 6.54 Å². The third kappa shape index (κ3) is 2.70. The van der Waals surface area contributed by atoms with Crippen LogP contribution < -0.4 is 0 Å². The molecule has 0 aliphatic rings. The van der Waals surface area contributed by atoms with Crippen molar-refractivity contribution < 1.29 is 9.50 Å². The lowest BCUT2D eigenvalue weighted by Gasteiger charge is -2.08. The largest absolute Gasteiger partial charge is 0.388 e. The summed E-state index contributed by atoms with van der Waals surface area (Å²) in [7, 11) is 0. The molecule has 0 spiro atoms. The van der Waals surface area contributed by atoms with E-state index < -0.39 is 11.9 Å². The SMILES string of the molecule is [N-]=[N+]=NCC(O)c1cc(Br)ccc1F. The third-order valence-corrected chi connectivity index (χ3v) is 2.13. The van der Waals surface area contributed by atoms with Gasteiger partial charge in [0, 0.05) is 14.9 Å². The van der Waals surface area contributed by atoms with Crippen LogP contribution in [-0.4, -0.2) is 11.7 Å². The van der Waals surface area contributed by atoms with Crippen LogP contribution in [0.1, 0.15) is 11.7 Å². The molecule has 74 valence electrons. The highest BCUT2D eigenvalue weighted by Gasteiger charge is 2.11. The van der Waals surface area contributed by atoms with Crippen LogP contribution in [0.2, 0.25) is 0 Å². The summed E-state index contributed by atoms with van der Waals surface area (Å²) in [4.78, 5) is 2.48. The highest BCUT2D eigenvalue weighted by atomic mass is 79.9. The summed E-state index contributed by atoms with van der Waals surface area (Å²) in [6.07, 6.45) is -1.11. The summed E-state index contributed by atoms with van der Waals surface area (Å²) in [5, 5.41) is 12.6. The fourth-order valence-electron chi connectivity index (χ4n) is 0.982. The van der Waals surface area contributed by atoms with E-state index in [2.05, 4.69) is 26.0 Å². The van der Waals surface area contributed by atoms with E-state index in [1.54, 1.807) is 0 Å². The van der Waals surface area contributed by atoms with Gasteiger partial charge < -0.3 is 5.11 Å². The Kier molecular flexibility index (Phi) is 3.88. The smallest absolute Gasteiger partial charge is 0.129 e. The van der Waals surface area contributed by atoms with Crippen molar-refractivity contribution in [2.24, 2.45) is 5.11 Å². The second-order valence-electron chi connectivity index (χ2n) is 2.60. The summed E-state index contributed by atoms with van der Waals surface area (Å²) in [5.74, 6) is -0.520. The normalized spacial score (nSPS) is 11.9. The fourth-order valence-corrected chi connectivity index (χ4v) is 1.36. The van der Waals surface area contributed by atoms with Gasteiger partial charge in [-0.3, -0.25) is 0 Å². The Morgan fingerprint density at radius 3 is 3.00 bits per heavy atom. The van der Waals surface area contributed by atoms with E-state index in [0.717, 1.165) is 0 Å². The summed E-state index contributed by atoms with van der Waals surface area (Å²) in [6, 6.07) is 4.21. The molecule has 1 unspecified atom stereocenters. The summed E-state index contributed by atoms with van der Waals surface area (Å²) in [6.45, 7) is -0.177. The van der Waals surface area contributed by atoms with E-state index in [9.17, 15) is 9.50 Å². The van der Waals surface area contributed by atoms with E-state index in [4.69, 9.17) is 5.53 Å². The Hall–Kier alpha value is -1.10. The maximum atomic E-state index is 13.1. The molecule has 0 bridgehead atoms. The first-order valence-electron chi connectivity index (χ1n) is 3.79. The number of hydrogen-bond acceptors (Lipinski definition) is 2. The van der Waals surface area contributed by atoms with Crippen LogP contribution in [0.25, 0.3) is 10.4 Å². The Morgan fingerprint density at radius 2 is 2.36 bits per heavy atom. The Morgan fingerprint density at radius 1 is 1.64 bits per heavy atom. The number of aliphatic hydroxyl groups excluding tert-OH is 1. The lowest BCUT2D eigenvalue weighted by molar-refractivity contribution is 0.182. The van der Waals surface area contributed by atoms with Gasteiger partial charge in [-0.2, -0.15) is 0 Å². The first-order chi connectivity index (χ1) is 6.65. The average molecular weight is 260 g/mol. The molecule has 0 heterocycles. The third-order valence-electron chi connectivity index (χ3n) is 1.63. The van der Waals surface area contributed by atoms with Gasteiger partial charge in [-0.05, 0) is 23.7 Å². The lowest BCUT2D eigenvalue weighted by Crippen LogP contribution is -2.03. The van der Waals surface area contributed by atoms with E-state index in [-0.39, 0.29) is 12.1 Å². The Balaban J connectivity index is 2.93. The molecule has 1 aromatic carbocycles. The molecular weight excluding hydrogens is 253 g/mol. The minimum Gasteiger partial charge on any atom is -0.388 e. The zero-order valence-electron chi connectivity index (χ0n) is 7.06. The number of halogens is 2. The first kappa shape index (κ1) is 11.0. The number of rotatable bonds is 3. The van der Waals surface area contributed by atoms with E-state index in [0.29, 0.717) is 4.47 Å². The zero-order chi connectivity index (χ0) is 10.6. The molecule has 0 radical (unpaired) electrons. The van der Waals surface area contributed by atoms with Crippen molar-refractivity contribution in [3.05, 3.63) is 44.5 Å². The minimum absolute atomic E-state index is 0.117. The Labute approximate surface area is 88.1 Å². The molecule has 0 saturated carbocycles. The van der Waals surface area contributed by atoms with Gasteiger partial charge in [0.1, 0.15) is 5.82 Å². The van der Waals surface area contributed by atoms with Crippen molar-refractivity contribution in [3.8, 4) is 0 Å². The first-order valence-corrected chi connectivity index (χ1v) is 4.58. The highest BCUT2D eigenvalue weighted by Crippen LogP contribution is 2.21. The summed E-state index contributed by atoms with van der Waals surface area (Å²) >= 11 is 3.15. The van der Waals surface area contributed by atoms with Crippen LogP contribution in [0, 0.1) is 5.82 Å². The van der Waals surface area contributed by atoms with Crippen LogP contribution in [0.3, 0.4) is 0 Å². The molecule has 0 aromatic heterocycles. The van der Waals surface area contributed by atoms with Crippen molar-refractivity contribution >= 4 is 15.9 Å². The van der Waals surface area contributed by atoms with Crippen molar-refractivity contribution in [1.29, 1.82) is 0 Å². The maximum Gasteiger partial charge on any atom is 0.129 e. The molecule has 1 atom stereocenters. The fraction of sp³-hybridized carbons (Fsp3) is 0.250. The lowest BCUT2D eigenvalue weighted by atomic mass is 10.1. The zero-order valence-corrected chi connectivity index (χ0v) is 8.65. The molecule has 1 aromatic rings. The van der Waals surface area contributed by atoms with Gasteiger partial charge in [0.2, 0.25) is 0 Å². The number of benzene rings is 1. The molecule has 0 amide bonds. The van der Waals surface area contributed by atoms with Crippen LogP contribution in [0.4, 0.5) is 4.39 Å². The average Bonchev–Trinajstić information content (AvgIpc) is 2.18. The number of nitrogens with zero attached hydrogens (tertiary/aromatic N) is 3. The van der Waals surface area contributed by atoms with E-state index >= 15 is 0 Å². The molecule has 0 fully saturated rings. The van der Waals surface area contributed by atoms with Gasteiger partial charge in [-0.25, -0.2) is 4.39 Å². The monoisotopic (exact) mass is 259 g/mol. The van der Waals surface area contributed by atoms with E-state index in [1.807, 2.05) is 0 Å². The number of hydrogen-bond donors (Lipinski definition) is 1. The second kappa shape index (κ2) is 4.95. The maximum absolute atomic E-state index is 13.1. The predicted molar refractivity (Wildman–Crippen MR) is 53.1 cm³/mol. The summed E-state index contributed by atoms with van der Waals surface area (Å²) < 4.78 is 13.8. The number of azide groups is 1. The standard InChI is InChI=1S/C8H7BrFN3O/c9-5-1-2-7(10)6(3-5)8(14)4-12-13-11/h1-3,8,14H,4H2. The molecule has 1 rings (SSSR count). The molecule has 0 aliphatic heterocycles. The van der Waals surface area contributed by atoms with Crippen molar-refractivity contribution in [3.63, 3.8) is 0 Å². The molecule has 0 saturated heterocycles. The van der Waals surface area contributed by atoms with Gasteiger partial charge in [0.15, 0.2) is 0 Å². The van der Waals surface area contributed by atoms with Crippen LogP contribution in [0.5, 0.6) is 0 Å². The van der Waals surface area contributed by atoms with Crippen LogP contribution >= 0.6 is 15.9 Å². The van der Waals surface area contributed by atoms with Crippen molar-refractivity contribution in [1.82, 2.24) is 0 Å². The molecule has 14 heavy (non-hydrogen) atoms. The topological polar surface area (TPSA) is 69.0 Å². The molecule has 6 heteroatoms. The Bertz CT molecular complexity index is 379.